The zero-order valence-electron chi connectivity index (χ0n) is 10.0. The van der Waals surface area contributed by atoms with E-state index in [-0.39, 0.29) is 6.10 Å². The van der Waals surface area contributed by atoms with Crippen LogP contribution in [-0.4, -0.2) is 12.5 Å². The van der Waals surface area contributed by atoms with Gasteiger partial charge in [-0.25, -0.2) is 0 Å². The molecule has 6 heteroatoms. The molecular formula is C13H13ClN2O2S. The fourth-order valence-electron chi connectivity index (χ4n) is 1.59. The van der Waals surface area contributed by atoms with E-state index >= 15 is 0 Å². The van der Waals surface area contributed by atoms with Crippen molar-refractivity contribution in [2.75, 3.05) is 6.54 Å². The summed E-state index contributed by atoms with van der Waals surface area (Å²) in [5.41, 5.74) is 11.3. The summed E-state index contributed by atoms with van der Waals surface area (Å²) < 4.78 is 6.47. The smallest absolute Gasteiger partial charge is 0.248 e. The number of amides is 1. The highest BCUT2D eigenvalue weighted by molar-refractivity contribution is 7.16. The molecule has 19 heavy (non-hydrogen) atoms. The summed E-state index contributed by atoms with van der Waals surface area (Å²) in [6.45, 7) is 0.342. The minimum Gasteiger partial charge on any atom is -0.484 e. The van der Waals surface area contributed by atoms with Crippen LogP contribution >= 0.6 is 22.9 Å². The van der Waals surface area contributed by atoms with Crippen molar-refractivity contribution in [1.29, 1.82) is 0 Å². The van der Waals surface area contributed by atoms with Crippen molar-refractivity contribution in [1.82, 2.24) is 0 Å². The van der Waals surface area contributed by atoms with Crippen molar-refractivity contribution in [2.24, 2.45) is 11.5 Å². The van der Waals surface area contributed by atoms with Gasteiger partial charge in [-0.15, -0.1) is 11.3 Å². The Labute approximate surface area is 119 Å². The lowest BCUT2D eigenvalue weighted by Crippen LogP contribution is -2.17. The quantitative estimate of drug-likeness (QED) is 0.890. The number of ether oxygens (including phenoxy) is 1. The van der Waals surface area contributed by atoms with E-state index in [9.17, 15) is 4.79 Å². The molecule has 1 heterocycles. The zero-order chi connectivity index (χ0) is 13.8. The number of benzene rings is 1. The average Bonchev–Trinajstić information content (AvgIpc) is 2.83. The Hall–Kier alpha value is -1.56. The molecular weight excluding hydrogens is 284 g/mol. The molecule has 2 rings (SSSR count). The number of carbonyl (C=O) groups is 1. The number of carbonyl (C=O) groups excluding carboxylic acids is 1. The van der Waals surface area contributed by atoms with Crippen molar-refractivity contribution < 1.29 is 9.53 Å². The molecule has 0 aliphatic heterocycles. The minimum absolute atomic E-state index is 0.253. The van der Waals surface area contributed by atoms with Gasteiger partial charge >= 0.3 is 0 Å². The first-order chi connectivity index (χ1) is 9.10. The number of nitrogens with two attached hydrogens (primary N) is 2. The Bertz CT molecular complexity index is 568. The Morgan fingerprint density at radius 2 is 1.95 bits per heavy atom. The van der Waals surface area contributed by atoms with Gasteiger partial charge in [0.2, 0.25) is 5.91 Å². The SMILES string of the molecule is NCC(Oc1ccc(C(N)=O)cc1)c1ccc(Cl)s1. The first kappa shape index (κ1) is 13.9. The highest BCUT2D eigenvalue weighted by Gasteiger charge is 2.14. The van der Waals surface area contributed by atoms with Crippen molar-refractivity contribution in [3.8, 4) is 5.75 Å². The van der Waals surface area contributed by atoms with Crippen LogP contribution in [0.1, 0.15) is 21.3 Å². The van der Waals surface area contributed by atoms with Gasteiger partial charge in [-0.3, -0.25) is 4.79 Å². The number of hydrogen-bond acceptors (Lipinski definition) is 4. The second-order valence-electron chi connectivity index (χ2n) is 3.87. The van der Waals surface area contributed by atoms with Crippen LogP contribution in [-0.2, 0) is 0 Å². The van der Waals surface area contributed by atoms with Crippen LogP contribution in [0.15, 0.2) is 36.4 Å². The lowest BCUT2D eigenvalue weighted by atomic mass is 10.2. The minimum atomic E-state index is -0.466. The molecule has 0 aliphatic rings. The molecule has 0 radical (unpaired) electrons. The molecule has 0 saturated carbocycles. The zero-order valence-corrected chi connectivity index (χ0v) is 11.6. The normalized spacial score (nSPS) is 12.1. The topological polar surface area (TPSA) is 78.3 Å². The van der Waals surface area contributed by atoms with Gasteiger partial charge in [-0.2, -0.15) is 0 Å². The Balaban J connectivity index is 2.12. The molecule has 0 aliphatic carbocycles. The lowest BCUT2D eigenvalue weighted by molar-refractivity contribution is 0.1000. The second kappa shape index (κ2) is 6.06. The molecule has 100 valence electrons. The number of primary amides is 1. The fraction of sp³-hybridized carbons (Fsp3) is 0.154. The highest BCUT2D eigenvalue weighted by atomic mass is 35.5. The Kier molecular flexibility index (Phi) is 4.42. The maximum absolute atomic E-state index is 11.0. The Morgan fingerprint density at radius 1 is 1.26 bits per heavy atom. The van der Waals surface area contributed by atoms with E-state index in [1.807, 2.05) is 12.1 Å². The van der Waals surface area contributed by atoms with Crippen LogP contribution in [0.25, 0.3) is 0 Å². The summed E-state index contributed by atoms with van der Waals surface area (Å²) in [7, 11) is 0. The molecule has 1 aromatic carbocycles. The largest absolute Gasteiger partial charge is 0.484 e. The maximum atomic E-state index is 11.0. The van der Waals surface area contributed by atoms with Gasteiger partial charge in [0.15, 0.2) is 0 Å². The van der Waals surface area contributed by atoms with Gasteiger partial charge in [0.1, 0.15) is 11.9 Å². The molecule has 0 fully saturated rings. The van der Waals surface area contributed by atoms with Gasteiger partial charge < -0.3 is 16.2 Å². The van der Waals surface area contributed by atoms with Gasteiger partial charge in [-0.05, 0) is 36.4 Å². The van der Waals surface area contributed by atoms with Crippen LogP contribution in [0.2, 0.25) is 4.34 Å². The first-order valence-electron chi connectivity index (χ1n) is 5.62. The van der Waals surface area contributed by atoms with E-state index in [2.05, 4.69) is 0 Å². The molecule has 1 unspecified atom stereocenters. The van der Waals surface area contributed by atoms with Crippen molar-refractivity contribution in [3.63, 3.8) is 0 Å². The van der Waals surface area contributed by atoms with E-state index in [1.165, 1.54) is 11.3 Å². The molecule has 1 amide bonds. The standard InChI is InChI=1S/C13H13ClN2O2S/c14-12-6-5-11(19-12)10(7-15)18-9-3-1-8(2-4-9)13(16)17/h1-6,10H,7,15H2,(H2,16,17). The van der Waals surface area contributed by atoms with Crippen molar-refractivity contribution >= 4 is 28.8 Å². The van der Waals surface area contributed by atoms with E-state index in [0.717, 1.165) is 4.88 Å². The molecule has 4 nitrogen and oxygen atoms in total. The van der Waals surface area contributed by atoms with Crippen LogP contribution in [0.5, 0.6) is 5.75 Å². The number of hydrogen-bond donors (Lipinski definition) is 2. The molecule has 0 spiro atoms. The molecule has 0 saturated heterocycles. The van der Waals surface area contributed by atoms with Crippen LogP contribution < -0.4 is 16.2 Å². The first-order valence-corrected chi connectivity index (χ1v) is 6.81. The Morgan fingerprint density at radius 3 is 2.42 bits per heavy atom. The van der Waals surface area contributed by atoms with Crippen LogP contribution in [0.4, 0.5) is 0 Å². The molecule has 0 bridgehead atoms. The third-order valence-electron chi connectivity index (χ3n) is 2.54. The van der Waals surface area contributed by atoms with Gasteiger partial charge in [0.25, 0.3) is 0 Å². The molecule has 1 atom stereocenters. The molecule has 4 N–H and O–H groups in total. The second-order valence-corrected chi connectivity index (χ2v) is 5.62. The lowest BCUT2D eigenvalue weighted by Gasteiger charge is -2.16. The van der Waals surface area contributed by atoms with Crippen LogP contribution in [0.3, 0.4) is 0 Å². The summed E-state index contributed by atoms with van der Waals surface area (Å²) in [5, 5.41) is 0. The van der Waals surface area contributed by atoms with E-state index in [4.69, 9.17) is 27.8 Å². The highest BCUT2D eigenvalue weighted by Crippen LogP contribution is 2.29. The predicted molar refractivity (Wildman–Crippen MR) is 76.7 cm³/mol. The number of rotatable bonds is 5. The van der Waals surface area contributed by atoms with E-state index in [0.29, 0.717) is 22.2 Å². The number of thiophene rings is 1. The summed E-state index contributed by atoms with van der Waals surface area (Å²) in [6.07, 6.45) is -0.253. The van der Waals surface area contributed by atoms with Gasteiger partial charge in [-0.1, -0.05) is 11.6 Å². The summed E-state index contributed by atoms with van der Waals surface area (Å²) in [5.74, 6) is 0.164. The third kappa shape index (κ3) is 3.47. The van der Waals surface area contributed by atoms with Crippen molar-refractivity contribution in [2.45, 2.75) is 6.10 Å². The predicted octanol–water partition coefficient (Wildman–Crippen LogP) is 2.58. The number of halogens is 1. The summed E-state index contributed by atoms with van der Waals surface area (Å²) >= 11 is 7.32. The third-order valence-corrected chi connectivity index (χ3v) is 3.87. The van der Waals surface area contributed by atoms with E-state index < -0.39 is 5.91 Å². The van der Waals surface area contributed by atoms with Crippen LogP contribution in [0, 0.1) is 0 Å². The average molecular weight is 297 g/mol. The van der Waals surface area contributed by atoms with Gasteiger partial charge in [0.05, 0.1) is 4.34 Å². The summed E-state index contributed by atoms with van der Waals surface area (Å²) in [4.78, 5) is 11.9. The van der Waals surface area contributed by atoms with Crippen molar-refractivity contribution in [3.05, 3.63) is 51.2 Å². The monoisotopic (exact) mass is 296 g/mol. The molecule has 1 aromatic heterocycles. The summed E-state index contributed by atoms with van der Waals surface area (Å²) in [6, 6.07) is 10.3. The van der Waals surface area contributed by atoms with E-state index in [1.54, 1.807) is 24.3 Å². The maximum Gasteiger partial charge on any atom is 0.248 e. The molecule has 2 aromatic rings. The van der Waals surface area contributed by atoms with Gasteiger partial charge in [0, 0.05) is 17.0 Å². The fourth-order valence-corrected chi connectivity index (χ4v) is 2.69.